The minimum Gasteiger partial charge on any atom is -0.378 e. The number of fused-ring (bicyclic) bond motifs is 3. The molecule has 0 radical (unpaired) electrons. The number of nitrogens with one attached hydrogen (secondary N) is 1. The summed E-state index contributed by atoms with van der Waals surface area (Å²) < 4.78 is 29.8. The van der Waals surface area contributed by atoms with E-state index in [4.69, 9.17) is 0 Å². The molecule has 172 valence electrons. The highest BCUT2D eigenvalue weighted by atomic mass is 19.1. The molecule has 2 amide bonds. The molecule has 0 unspecified atom stereocenters. The standard InChI is InChI=1S/C27H24F2N4O/c1-31(2)21-12-9-18(10-13-21)26-25-8-5-15-32(25)24-7-4-3-6-19(24)17-33(26)27(34)30-23-14-11-20(28)16-22(23)29/h3-16,26H,17H2,1-2H3,(H,30,34)/t26-/m1/s1. The van der Waals surface area contributed by atoms with Gasteiger partial charge in [0.25, 0.3) is 0 Å². The summed E-state index contributed by atoms with van der Waals surface area (Å²) in [5, 5.41) is 2.65. The molecule has 1 N–H and O–H groups in total. The Hall–Kier alpha value is -4.13. The third kappa shape index (κ3) is 3.90. The summed E-state index contributed by atoms with van der Waals surface area (Å²) in [5.74, 6) is -1.52. The summed E-state index contributed by atoms with van der Waals surface area (Å²) in [7, 11) is 3.94. The quantitative estimate of drug-likeness (QED) is 0.412. The Bertz CT molecular complexity index is 1350. The molecule has 0 bridgehead atoms. The van der Waals surface area contributed by atoms with Gasteiger partial charge in [0.1, 0.15) is 11.6 Å². The zero-order valence-electron chi connectivity index (χ0n) is 18.9. The van der Waals surface area contributed by atoms with Gasteiger partial charge in [-0.3, -0.25) is 0 Å². The zero-order chi connectivity index (χ0) is 23.8. The second-order valence-corrected chi connectivity index (χ2v) is 8.50. The van der Waals surface area contributed by atoms with Crippen LogP contribution in [0.2, 0.25) is 0 Å². The molecule has 0 saturated heterocycles. The normalized spacial score (nSPS) is 14.7. The van der Waals surface area contributed by atoms with E-state index in [0.717, 1.165) is 40.3 Å². The average molecular weight is 459 g/mol. The molecular weight excluding hydrogens is 434 g/mol. The highest BCUT2D eigenvalue weighted by Crippen LogP contribution is 2.37. The first-order chi connectivity index (χ1) is 16.4. The molecule has 2 heterocycles. The van der Waals surface area contributed by atoms with Gasteiger partial charge in [0.15, 0.2) is 0 Å². The number of aromatic nitrogens is 1. The van der Waals surface area contributed by atoms with Gasteiger partial charge >= 0.3 is 6.03 Å². The number of nitrogens with zero attached hydrogens (tertiary/aromatic N) is 3. The summed E-state index contributed by atoms with van der Waals surface area (Å²) >= 11 is 0. The topological polar surface area (TPSA) is 40.5 Å². The van der Waals surface area contributed by atoms with Crippen molar-refractivity contribution in [3.8, 4) is 5.69 Å². The van der Waals surface area contributed by atoms with Crippen LogP contribution in [0.25, 0.3) is 5.69 Å². The van der Waals surface area contributed by atoms with Gasteiger partial charge in [-0.2, -0.15) is 0 Å². The lowest BCUT2D eigenvalue weighted by Crippen LogP contribution is -2.38. The van der Waals surface area contributed by atoms with Crippen molar-refractivity contribution in [3.63, 3.8) is 0 Å². The summed E-state index contributed by atoms with van der Waals surface area (Å²) in [6.45, 7) is 0.312. The molecule has 0 fully saturated rings. The Morgan fingerprint density at radius 3 is 2.47 bits per heavy atom. The molecule has 3 aromatic carbocycles. The van der Waals surface area contributed by atoms with Gasteiger partial charge in [0, 0.05) is 37.7 Å². The predicted octanol–water partition coefficient (Wildman–Crippen LogP) is 5.96. The monoisotopic (exact) mass is 458 g/mol. The molecule has 4 aromatic rings. The first-order valence-electron chi connectivity index (χ1n) is 11.0. The van der Waals surface area contributed by atoms with Crippen LogP contribution in [-0.2, 0) is 6.54 Å². The Morgan fingerprint density at radius 1 is 0.971 bits per heavy atom. The van der Waals surface area contributed by atoms with Crippen molar-refractivity contribution < 1.29 is 13.6 Å². The summed E-state index contributed by atoms with van der Waals surface area (Å²) in [6, 6.07) is 22.1. The van der Waals surface area contributed by atoms with Crippen LogP contribution < -0.4 is 10.2 Å². The van der Waals surface area contributed by atoms with Gasteiger partial charge in [-0.25, -0.2) is 13.6 Å². The minimum atomic E-state index is -0.821. The third-order valence-corrected chi connectivity index (χ3v) is 6.12. The third-order valence-electron chi connectivity index (χ3n) is 6.12. The number of halogens is 2. The SMILES string of the molecule is CN(C)c1ccc([C@@H]2c3cccn3-c3ccccc3CN2C(=O)Nc2ccc(F)cc2F)cc1. The average Bonchev–Trinajstić information content (AvgIpc) is 3.25. The van der Waals surface area contributed by atoms with E-state index in [1.54, 1.807) is 4.90 Å². The van der Waals surface area contributed by atoms with E-state index in [0.29, 0.717) is 6.54 Å². The first-order valence-corrected chi connectivity index (χ1v) is 11.0. The van der Waals surface area contributed by atoms with Crippen molar-refractivity contribution in [2.75, 3.05) is 24.3 Å². The summed E-state index contributed by atoms with van der Waals surface area (Å²) in [6.07, 6.45) is 1.98. The molecule has 5 rings (SSSR count). The van der Waals surface area contributed by atoms with Gasteiger partial charge in [-0.05, 0) is 53.6 Å². The number of benzene rings is 3. The number of amides is 2. The minimum absolute atomic E-state index is 0.0685. The molecule has 7 heteroatoms. The Kier molecular flexibility index (Phi) is 5.53. The van der Waals surface area contributed by atoms with E-state index in [1.807, 2.05) is 85.9 Å². The molecule has 1 aliphatic heterocycles. The van der Waals surface area contributed by atoms with Crippen LogP contribution in [-0.4, -0.2) is 29.6 Å². The van der Waals surface area contributed by atoms with Gasteiger partial charge in [-0.15, -0.1) is 0 Å². The van der Waals surface area contributed by atoms with Crippen LogP contribution in [0.1, 0.15) is 22.9 Å². The number of hydrogen-bond donors (Lipinski definition) is 1. The van der Waals surface area contributed by atoms with Crippen molar-refractivity contribution >= 4 is 17.4 Å². The smallest absolute Gasteiger partial charge is 0.323 e. The zero-order valence-corrected chi connectivity index (χ0v) is 18.9. The second kappa shape index (κ2) is 8.67. The highest BCUT2D eigenvalue weighted by molar-refractivity contribution is 5.90. The van der Waals surface area contributed by atoms with Crippen molar-refractivity contribution in [1.82, 2.24) is 9.47 Å². The molecular formula is C27H24F2N4O. The molecule has 1 aromatic heterocycles. The fourth-order valence-corrected chi connectivity index (χ4v) is 4.42. The molecule has 5 nitrogen and oxygen atoms in total. The Morgan fingerprint density at radius 2 is 1.74 bits per heavy atom. The van der Waals surface area contributed by atoms with Crippen LogP contribution in [0.15, 0.2) is 85.1 Å². The highest BCUT2D eigenvalue weighted by Gasteiger charge is 2.33. The maximum atomic E-state index is 14.3. The van der Waals surface area contributed by atoms with E-state index < -0.39 is 23.7 Å². The van der Waals surface area contributed by atoms with Crippen LogP contribution in [0, 0.1) is 11.6 Å². The predicted molar refractivity (Wildman–Crippen MR) is 129 cm³/mol. The number of para-hydroxylation sites is 1. The fourth-order valence-electron chi connectivity index (χ4n) is 4.42. The van der Waals surface area contributed by atoms with E-state index >= 15 is 0 Å². The van der Waals surface area contributed by atoms with Crippen LogP contribution >= 0.6 is 0 Å². The lowest BCUT2D eigenvalue weighted by atomic mass is 10.0. The lowest BCUT2D eigenvalue weighted by Gasteiger charge is -2.31. The molecule has 1 aliphatic rings. The largest absolute Gasteiger partial charge is 0.378 e. The second-order valence-electron chi connectivity index (χ2n) is 8.50. The van der Waals surface area contributed by atoms with E-state index in [1.165, 1.54) is 6.07 Å². The maximum Gasteiger partial charge on any atom is 0.323 e. The lowest BCUT2D eigenvalue weighted by molar-refractivity contribution is 0.194. The van der Waals surface area contributed by atoms with E-state index in [9.17, 15) is 13.6 Å². The number of carbonyl (C=O) groups is 1. The van der Waals surface area contributed by atoms with Crippen molar-refractivity contribution in [1.29, 1.82) is 0 Å². The molecule has 34 heavy (non-hydrogen) atoms. The molecule has 0 saturated carbocycles. The van der Waals surface area contributed by atoms with Crippen molar-refractivity contribution in [2.45, 2.75) is 12.6 Å². The number of carbonyl (C=O) groups excluding carboxylic acids is 1. The van der Waals surface area contributed by atoms with Gasteiger partial charge in [0.2, 0.25) is 0 Å². The number of rotatable bonds is 3. The van der Waals surface area contributed by atoms with Crippen molar-refractivity contribution in [3.05, 3.63) is 114 Å². The first kappa shape index (κ1) is 21.7. The molecule has 0 aliphatic carbocycles. The van der Waals surface area contributed by atoms with Gasteiger partial charge in [-0.1, -0.05) is 30.3 Å². The number of anilines is 2. The van der Waals surface area contributed by atoms with Crippen LogP contribution in [0.5, 0.6) is 0 Å². The number of urea groups is 1. The maximum absolute atomic E-state index is 14.3. The van der Waals surface area contributed by atoms with Gasteiger partial charge < -0.3 is 19.7 Å². The summed E-state index contributed by atoms with van der Waals surface area (Å²) in [5.41, 5.74) is 4.76. The molecule has 1 atom stereocenters. The summed E-state index contributed by atoms with van der Waals surface area (Å²) in [4.78, 5) is 17.3. The van der Waals surface area contributed by atoms with E-state index in [-0.39, 0.29) is 5.69 Å². The fraction of sp³-hybridized carbons (Fsp3) is 0.148. The van der Waals surface area contributed by atoms with Gasteiger partial charge in [0.05, 0.1) is 24.0 Å². The number of hydrogen-bond acceptors (Lipinski definition) is 2. The van der Waals surface area contributed by atoms with Crippen molar-refractivity contribution in [2.24, 2.45) is 0 Å². The Balaban J connectivity index is 1.61. The van der Waals surface area contributed by atoms with Crippen LogP contribution in [0.4, 0.5) is 25.0 Å². The van der Waals surface area contributed by atoms with E-state index in [2.05, 4.69) is 9.88 Å². The Labute approximate surface area is 196 Å². The molecule has 0 spiro atoms. The van der Waals surface area contributed by atoms with Crippen LogP contribution in [0.3, 0.4) is 0 Å².